The number of benzene rings is 1. The number of hydrogen-bond acceptors (Lipinski definition) is 2. The average Bonchev–Trinajstić information content (AvgIpc) is 2.38. The lowest BCUT2D eigenvalue weighted by molar-refractivity contribution is 0.551. The lowest BCUT2D eigenvalue weighted by Gasteiger charge is -2.17. The van der Waals surface area contributed by atoms with Crippen molar-refractivity contribution in [3.63, 3.8) is 0 Å². The van der Waals surface area contributed by atoms with Crippen molar-refractivity contribution in [2.45, 2.75) is 32.6 Å². The molecule has 0 amide bonds. The lowest BCUT2D eigenvalue weighted by atomic mass is 9.94. The van der Waals surface area contributed by atoms with E-state index in [1.165, 1.54) is 24.0 Å². The van der Waals surface area contributed by atoms with Gasteiger partial charge in [-0.25, -0.2) is 4.39 Å². The molecule has 1 rings (SSSR count). The zero-order valence-corrected chi connectivity index (χ0v) is 12.2. The second kappa shape index (κ2) is 9.40. The predicted octanol–water partition coefficient (Wildman–Crippen LogP) is 4.05. The maximum atomic E-state index is 13.3. The molecule has 1 aromatic rings. The highest BCUT2D eigenvalue weighted by Gasteiger charge is 2.11. The van der Waals surface area contributed by atoms with Gasteiger partial charge < -0.3 is 5.32 Å². The van der Waals surface area contributed by atoms with Gasteiger partial charge in [0.1, 0.15) is 5.82 Å². The molecule has 0 radical (unpaired) electrons. The van der Waals surface area contributed by atoms with Crippen LogP contribution in [-0.2, 0) is 0 Å². The predicted molar refractivity (Wildman–Crippen MR) is 79.9 cm³/mol. The highest BCUT2D eigenvalue weighted by Crippen LogP contribution is 2.22. The largest absolute Gasteiger partial charge is 0.316 e. The Kier molecular flexibility index (Phi) is 8.10. The van der Waals surface area contributed by atoms with E-state index in [9.17, 15) is 4.39 Å². The van der Waals surface area contributed by atoms with E-state index in [0.29, 0.717) is 5.92 Å². The molecule has 3 heteroatoms. The Morgan fingerprint density at radius 2 is 2.17 bits per heavy atom. The fourth-order valence-corrected chi connectivity index (χ4v) is 2.70. The molecule has 0 fully saturated rings. The summed E-state index contributed by atoms with van der Waals surface area (Å²) in [5, 5.41) is 3.38. The maximum Gasteiger partial charge on any atom is 0.123 e. The molecule has 0 bridgehead atoms. The van der Waals surface area contributed by atoms with E-state index in [0.717, 1.165) is 25.1 Å². The smallest absolute Gasteiger partial charge is 0.123 e. The van der Waals surface area contributed by atoms with Crippen LogP contribution >= 0.6 is 11.8 Å². The molecule has 1 nitrogen and oxygen atoms in total. The van der Waals surface area contributed by atoms with Gasteiger partial charge in [0, 0.05) is 6.54 Å². The summed E-state index contributed by atoms with van der Waals surface area (Å²) in [6.45, 7) is 6.20. The minimum absolute atomic E-state index is 0.128. The van der Waals surface area contributed by atoms with Gasteiger partial charge >= 0.3 is 0 Å². The highest BCUT2D eigenvalue weighted by atomic mass is 32.2. The molecular weight excluding hydrogens is 245 g/mol. The molecule has 102 valence electrons. The van der Waals surface area contributed by atoms with E-state index >= 15 is 0 Å². The van der Waals surface area contributed by atoms with Gasteiger partial charge in [0.15, 0.2) is 0 Å². The standard InChI is InChI=1S/C15H24FNS/c1-3-17-12-14(8-6-10-18-4-2)13-7-5-9-15(16)11-13/h5,7,9,11,14,17H,3-4,6,8,10,12H2,1-2H3. The van der Waals surface area contributed by atoms with E-state index in [-0.39, 0.29) is 5.82 Å². The van der Waals surface area contributed by atoms with Crippen molar-refractivity contribution in [2.24, 2.45) is 0 Å². The van der Waals surface area contributed by atoms with Crippen LogP contribution in [-0.4, -0.2) is 24.6 Å². The number of likely N-dealkylation sites (N-methyl/N-ethyl adjacent to an activating group) is 1. The fraction of sp³-hybridized carbons (Fsp3) is 0.600. The molecule has 1 aromatic carbocycles. The first-order chi connectivity index (χ1) is 8.77. The number of nitrogens with one attached hydrogen (secondary N) is 1. The molecule has 1 unspecified atom stereocenters. The summed E-state index contributed by atoms with van der Waals surface area (Å²) in [6.07, 6.45) is 2.33. The van der Waals surface area contributed by atoms with Crippen molar-refractivity contribution in [1.29, 1.82) is 0 Å². The van der Waals surface area contributed by atoms with E-state index in [4.69, 9.17) is 0 Å². The summed E-state index contributed by atoms with van der Waals surface area (Å²) in [5.41, 5.74) is 1.12. The van der Waals surface area contributed by atoms with Crippen LogP contribution in [0.25, 0.3) is 0 Å². The monoisotopic (exact) mass is 269 g/mol. The van der Waals surface area contributed by atoms with Crippen LogP contribution < -0.4 is 5.32 Å². The van der Waals surface area contributed by atoms with Crippen LogP contribution in [0.5, 0.6) is 0 Å². The van der Waals surface area contributed by atoms with Crippen LogP contribution in [0.3, 0.4) is 0 Å². The lowest BCUT2D eigenvalue weighted by Crippen LogP contribution is -2.21. The van der Waals surface area contributed by atoms with Crippen LogP contribution in [0.2, 0.25) is 0 Å². The summed E-state index contributed by atoms with van der Waals surface area (Å²) in [7, 11) is 0. The van der Waals surface area contributed by atoms with Gasteiger partial charge in [-0.2, -0.15) is 11.8 Å². The van der Waals surface area contributed by atoms with Gasteiger partial charge in [0.2, 0.25) is 0 Å². The van der Waals surface area contributed by atoms with Crippen molar-refractivity contribution in [3.05, 3.63) is 35.6 Å². The third kappa shape index (κ3) is 5.87. The first-order valence-electron chi connectivity index (χ1n) is 6.81. The molecule has 1 N–H and O–H groups in total. The van der Waals surface area contributed by atoms with Gasteiger partial charge in [-0.15, -0.1) is 0 Å². The first-order valence-corrected chi connectivity index (χ1v) is 7.97. The van der Waals surface area contributed by atoms with E-state index in [1.54, 1.807) is 6.07 Å². The van der Waals surface area contributed by atoms with E-state index in [2.05, 4.69) is 19.2 Å². The first kappa shape index (κ1) is 15.5. The number of halogens is 1. The Bertz CT molecular complexity index is 330. The molecule has 1 atom stereocenters. The molecule has 0 aliphatic heterocycles. The van der Waals surface area contributed by atoms with Crippen molar-refractivity contribution in [2.75, 3.05) is 24.6 Å². The third-order valence-electron chi connectivity index (χ3n) is 3.01. The average molecular weight is 269 g/mol. The normalized spacial score (nSPS) is 12.6. The Balaban J connectivity index is 2.54. The molecular formula is C15H24FNS. The van der Waals surface area contributed by atoms with Crippen LogP contribution in [0.1, 0.15) is 38.2 Å². The SMILES string of the molecule is CCNCC(CCCSCC)c1cccc(F)c1. The summed E-state index contributed by atoms with van der Waals surface area (Å²) < 4.78 is 13.3. The minimum Gasteiger partial charge on any atom is -0.316 e. The zero-order chi connectivity index (χ0) is 13.2. The van der Waals surface area contributed by atoms with Crippen molar-refractivity contribution < 1.29 is 4.39 Å². The van der Waals surface area contributed by atoms with Crippen LogP contribution in [0.4, 0.5) is 4.39 Å². The number of hydrogen-bond donors (Lipinski definition) is 1. The molecule has 18 heavy (non-hydrogen) atoms. The Morgan fingerprint density at radius 3 is 2.83 bits per heavy atom. The summed E-state index contributed by atoms with van der Waals surface area (Å²) in [4.78, 5) is 0. The maximum absolute atomic E-state index is 13.3. The topological polar surface area (TPSA) is 12.0 Å². The summed E-state index contributed by atoms with van der Waals surface area (Å²) in [6, 6.07) is 7.04. The van der Waals surface area contributed by atoms with Gasteiger partial charge in [0.05, 0.1) is 0 Å². The number of rotatable bonds is 9. The van der Waals surface area contributed by atoms with Crippen LogP contribution in [0.15, 0.2) is 24.3 Å². The second-order valence-corrected chi connectivity index (χ2v) is 5.79. The minimum atomic E-state index is -0.128. The molecule has 0 spiro atoms. The van der Waals surface area contributed by atoms with E-state index in [1.807, 2.05) is 23.9 Å². The third-order valence-corrected chi connectivity index (χ3v) is 3.99. The summed E-state index contributed by atoms with van der Waals surface area (Å²) in [5.74, 6) is 2.68. The highest BCUT2D eigenvalue weighted by molar-refractivity contribution is 7.99. The second-order valence-electron chi connectivity index (χ2n) is 4.40. The number of thioether (sulfide) groups is 1. The fourth-order valence-electron chi connectivity index (χ4n) is 2.04. The summed E-state index contributed by atoms with van der Waals surface area (Å²) >= 11 is 1.98. The molecule has 0 heterocycles. The Labute approximate surface area is 115 Å². The molecule has 0 aromatic heterocycles. The Morgan fingerprint density at radius 1 is 1.33 bits per heavy atom. The van der Waals surface area contributed by atoms with E-state index < -0.39 is 0 Å². The Hall–Kier alpha value is -0.540. The van der Waals surface area contributed by atoms with Crippen molar-refractivity contribution in [1.82, 2.24) is 5.32 Å². The molecule has 0 aliphatic carbocycles. The van der Waals surface area contributed by atoms with Gasteiger partial charge in [0.25, 0.3) is 0 Å². The molecule has 0 aliphatic rings. The van der Waals surface area contributed by atoms with Gasteiger partial charge in [-0.3, -0.25) is 0 Å². The van der Waals surface area contributed by atoms with Crippen molar-refractivity contribution >= 4 is 11.8 Å². The van der Waals surface area contributed by atoms with Crippen molar-refractivity contribution in [3.8, 4) is 0 Å². The van der Waals surface area contributed by atoms with Gasteiger partial charge in [-0.1, -0.05) is 26.0 Å². The molecule has 0 saturated heterocycles. The van der Waals surface area contributed by atoms with Crippen LogP contribution in [0, 0.1) is 5.82 Å². The van der Waals surface area contributed by atoms with Gasteiger partial charge in [-0.05, 0) is 54.5 Å². The quantitative estimate of drug-likeness (QED) is 0.679. The zero-order valence-electron chi connectivity index (χ0n) is 11.4. The molecule has 0 saturated carbocycles.